The number of hydrogen-bond acceptors (Lipinski definition) is 2. The lowest BCUT2D eigenvalue weighted by molar-refractivity contribution is 0.125. The molecule has 1 atom stereocenters. The van der Waals surface area contributed by atoms with Crippen molar-refractivity contribution in [2.24, 2.45) is 0 Å². The van der Waals surface area contributed by atoms with Crippen molar-refractivity contribution >= 4 is 9.28 Å². The van der Waals surface area contributed by atoms with Crippen molar-refractivity contribution < 1.29 is 8.85 Å². The van der Waals surface area contributed by atoms with Crippen LogP contribution in [0.2, 0.25) is 5.54 Å². The van der Waals surface area contributed by atoms with Gasteiger partial charge in [0.2, 0.25) is 0 Å². The minimum atomic E-state index is -1.58. The molecular formula is C11H24O2Si. The zero-order valence-electron chi connectivity index (χ0n) is 10.1. The molecule has 0 bridgehead atoms. The minimum Gasteiger partial charge on any atom is -0.394 e. The second-order valence-corrected chi connectivity index (χ2v) is 6.18. The van der Waals surface area contributed by atoms with Crippen molar-refractivity contribution in [3.63, 3.8) is 0 Å². The highest BCUT2D eigenvalue weighted by Gasteiger charge is 2.24. The van der Waals surface area contributed by atoms with Gasteiger partial charge >= 0.3 is 9.28 Å². The molecule has 0 aromatic carbocycles. The molecule has 0 N–H and O–H groups in total. The van der Waals surface area contributed by atoms with Gasteiger partial charge in [-0.1, -0.05) is 13.0 Å². The van der Waals surface area contributed by atoms with Crippen LogP contribution in [-0.4, -0.2) is 21.5 Å². The van der Waals surface area contributed by atoms with Crippen LogP contribution in [0, 0.1) is 0 Å². The Hall–Kier alpha value is -0.123. The van der Waals surface area contributed by atoms with Gasteiger partial charge in [0.15, 0.2) is 0 Å². The van der Waals surface area contributed by atoms with Gasteiger partial charge in [0.05, 0.1) is 0 Å². The van der Waals surface area contributed by atoms with E-state index in [1.165, 1.54) is 0 Å². The highest BCUT2D eigenvalue weighted by Crippen LogP contribution is 2.20. The molecule has 84 valence electrons. The van der Waals surface area contributed by atoms with E-state index in [1.807, 2.05) is 6.08 Å². The Labute approximate surface area is 90.2 Å². The fourth-order valence-electron chi connectivity index (χ4n) is 1.24. The van der Waals surface area contributed by atoms with Crippen molar-refractivity contribution in [3.05, 3.63) is 12.7 Å². The molecule has 0 fully saturated rings. The smallest absolute Gasteiger partial charge is 0.328 e. The van der Waals surface area contributed by atoms with Crippen LogP contribution in [-0.2, 0) is 8.85 Å². The van der Waals surface area contributed by atoms with Crippen LogP contribution < -0.4 is 0 Å². The summed E-state index contributed by atoms with van der Waals surface area (Å²) in [5.74, 6) is 0. The molecule has 1 unspecified atom stereocenters. The van der Waals surface area contributed by atoms with Crippen LogP contribution in [0.4, 0.5) is 0 Å². The van der Waals surface area contributed by atoms with Crippen molar-refractivity contribution in [2.75, 3.05) is 0 Å². The van der Waals surface area contributed by atoms with E-state index >= 15 is 0 Å². The molecule has 3 heteroatoms. The third kappa shape index (κ3) is 5.57. The van der Waals surface area contributed by atoms with Crippen LogP contribution in [0.5, 0.6) is 0 Å². The van der Waals surface area contributed by atoms with E-state index in [1.54, 1.807) is 0 Å². The van der Waals surface area contributed by atoms with Gasteiger partial charge in [-0.25, -0.2) is 0 Å². The summed E-state index contributed by atoms with van der Waals surface area (Å²) in [6.07, 6.45) is 3.53. The Morgan fingerprint density at radius 2 is 1.57 bits per heavy atom. The first kappa shape index (κ1) is 13.9. The van der Waals surface area contributed by atoms with E-state index in [0.717, 1.165) is 6.42 Å². The molecule has 0 aromatic rings. The first-order chi connectivity index (χ1) is 6.51. The zero-order chi connectivity index (χ0) is 11.1. The van der Waals surface area contributed by atoms with Gasteiger partial charge in [-0.3, -0.25) is 0 Å². The molecule has 0 heterocycles. The van der Waals surface area contributed by atoms with Crippen molar-refractivity contribution in [1.82, 2.24) is 0 Å². The third-order valence-electron chi connectivity index (χ3n) is 1.94. The lowest BCUT2D eigenvalue weighted by Crippen LogP contribution is -2.33. The molecule has 0 aliphatic carbocycles. The minimum absolute atomic E-state index is 0.249. The molecule has 0 saturated carbocycles. The SMILES string of the molecule is C=CC(CC)[SiH](OC(C)C)OC(C)C. The summed E-state index contributed by atoms with van der Waals surface area (Å²) >= 11 is 0. The summed E-state index contributed by atoms with van der Waals surface area (Å²) in [5.41, 5.74) is 0.416. The summed E-state index contributed by atoms with van der Waals surface area (Å²) in [6.45, 7) is 14.2. The molecule has 2 nitrogen and oxygen atoms in total. The Morgan fingerprint density at radius 1 is 1.14 bits per heavy atom. The summed E-state index contributed by atoms with van der Waals surface area (Å²) in [7, 11) is -1.58. The molecule has 0 rings (SSSR count). The maximum absolute atomic E-state index is 5.85. The quantitative estimate of drug-likeness (QED) is 0.481. The van der Waals surface area contributed by atoms with Gasteiger partial charge in [0.1, 0.15) is 0 Å². The van der Waals surface area contributed by atoms with Crippen LogP contribution in [0.1, 0.15) is 41.0 Å². The van der Waals surface area contributed by atoms with Crippen LogP contribution in [0.3, 0.4) is 0 Å². The van der Waals surface area contributed by atoms with E-state index < -0.39 is 9.28 Å². The molecule has 0 aliphatic heterocycles. The topological polar surface area (TPSA) is 18.5 Å². The van der Waals surface area contributed by atoms with Crippen molar-refractivity contribution in [3.8, 4) is 0 Å². The van der Waals surface area contributed by atoms with E-state index in [9.17, 15) is 0 Å². The van der Waals surface area contributed by atoms with Gasteiger partial charge in [-0.15, -0.1) is 6.58 Å². The summed E-state index contributed by atoms with van der Waals surface area (Å²) in [5, 5.41) is 0. The van der Waals surface area contributed by atoms with Gasteiger partial charge in [-0.2, -0.15) is 0 Å². The molecule has 0 spiro atoms. The molecule has 0 radical (unpaired) electrons. The van der Waals surface area contributed by atoms with Crippen molar-refractivity contribution in [2.45, 2.75) is 58.8 Å². The van der Waals surface area contributed by atoms with Gasteiger partial charge in [-0.05, 0) is 34.1 Å². The second-order valence-electron chi connectivity index (χ2n) is 4.05. The first-order valence-corrected chi connectivity index (χ1v) is 7.05. The van der Waals surface area contributed by atoms with Gasteiger partial charge < -0.3 is 8.85 Å². The highest BCUT2D eigenvalue weighted by atomic mass is 28.3. The maximum Gasteiger partial charge on any atom is 0.328 e. The Kier molecular flexibility index (Phi) is 7.14. The van der Waals surface area contributed by atoms with Gasteiger partial charge in [0.25, 0.3) is 0 Å². The molecule has 0 aliphatic rings. The predicted octanol–water partition coefficient (Wildman–Crippen LogP) is 3.02. The molecule has 0 aromatic heterocycles. The summed E-state index contributed by atoms with van der Waals surface area (Å²) in [6, 6.07) is 0. The first-order valence-electron chi connectivity index (χ1n) is 5.44. The standard InChI is InChI=1S/C11H24O2Si/c1-7-11(8-2)14(12-9(3)4)13-10(5)6/h7,9-11,14H,1,8H2,2-6H3. The fourth-order valence-corrected chi connectivity index (χ4v) is 3.39. The molecule has 14 heavy (non-hydrogen) atoms. The average Bonchev–Trinajstić information content (AvgIpc) is 2.03. The highest BCUT2D eigenvalue weighted by molar-refractivity contribution is 6.47. The third-order valence-corrected chi connectivity index (χ3v) is 5.00. The average molecular weight is 216 g/mol. The van der Waals surface area contributed by atoms with Crippen molar-refractivity contribution in [1.29, 1.82) is 0 Å². The normalized spacial score (nSPS) is 14.0. The lowest BCUT2D eigenvalue weighted by Gasteiger charge is -2.26. The zero-order valence-corrected chi connectivity index (χ0v) is 11.3. The number of hydrogen-bond donors (Lipinski definition) is 0. The molecule has 0 saturated heterocycles. The monoisotopic (exact) mass is 216 g/mol. The Balaban J connectivity index is 4.27. The van der Waals surface area contributed by atoms with E-state index in [2.05, 4.69) is 41.2 Å². The number of rotatable bonds is 7. The van der Waals surface area contributed by atoms with E-state index in [4.69, 9.17) is 8.85 Å². The summed E-state index contributed by atoms with van der Waals surface area (Å²) in [4.78, 5) is 0. The molecule has 0 amide bonds. The van der Waals surface area contributed by atoms with E-state index in [0.29, 0.717) is 5.54 Å². The predicted molar refractivity (Wildman–Crippen MR) is 63.8 cm³/mol. The fraction of sp³-hybridized carbons (Fsp3) is 0.818. The largest absolute Gasteiger partial charge is 0.394 e. The summed E-state index contributed by atoms with van der Waals surface area (Å²) < 4.78 is 11.7. The van der Waals surface area contributed by atoms with E-state index in [-0.39, 0.29) is 12.2 Å². The lowest BCUT2D eigenvalue weighted by atomic mass is 10.3. The van der Waals surface area contributed by atoms with Crippen LogP contribution in [0.15, 0.2) is 12.7 Å². The second kappa shape index (κ2) is 7.21. The van der Waals surface area contributed by atoms with Gasteiger partial charge in [0, 0.05) is 17.7 Å². The Bertz CT molecular complexity index is 147. The Morgan fingerprint density at radius 3 is 1.79 bits per heavy atom. The number of allylic oxidation sites excluding steroid dienone is 1. The molecular weight excluding hydrogens is 192 g/mol. The van der Waals surface area contributed by atoms with Crippen LogP contribution in [0.25, 0.3) is 0 Å². The maximum atomic E-state index is 5.85. The van der Waals surface area contributed by atoms with Crippen LogP contribution >= 0.6 is 0 Å².